The monoisotopic (exact) mass is 209 g/mol. The van der Waals surface area contributed by atoms with Crippen molar-refractivity contribution in [2.24, 2.45) is 0 Å². The van der Waals surface area contributed by atoms with Crippen molar-refractivity contribution in [1.82, 2.24) is 4.98 Å². The van der Waals surface area contributed by atoms with Crippen molar-refractivity contribution in [1.29, 1.82) is 0 Å². The molecule has 0 bridgehead atoms. The highest BCUT2D eigenvalue weighted by Crippen LogP contribution is 1.99. The van der Waals surface area contributed by atoms with Crippen LogP contribution >= 0.6 is 0 Å². The average molecular weight is 209 g/mol. The number of aromatic nitrogens is 1. The Morgan fingerprint density at radius 1 is 1.33 bits per heavy atom. The number of hydrogen-bond donors (Lipinski definition) is 0. The molecule has 1 heterocycles. The summed E-state index contributed by atoms with van der Waals surface area (Å²) in [5.41, 5.74) is 0.548. The second kappa shape index (κ2) is 4.89. The predicted octanol–water partition coefficient (Wildman–Crippen LogP) is 0.945. The molecule has 0 saturated carbocycles. The number of esters is 1. The van der Waals surface area contributed by atoms with Crippen LogP contribution < -0.4 is 0 Å². The Morgan fingerprint density at radius 3 is 2.47 bits per heavy atom. The molecule has 0 saturated heterocycles. The predicted molar refractivity (Wildman–Crippen MR) is 57.4 cm³/mol. The first-order valence-corrected chi connectivity index (χ1v) is 4.87. The highest BCUT2D eigenvalue weighted by Gasteiger charge is 2.10. The van der Waals surface area contributed by atoms with Crippen molar-refractivity contribution in [2.45, 2.75) is 0 Å². The first kappa shape index (κ1) is 11.7. The van der Waals surface area contributed by atoms with Gasteiger partial charge in [0.25, 0.3) is 0 Å². The standard InChI is InChI=1S/C11H17N2O2/c1-13(2,3)8-9-15-11(14)10-4-6-12-7-5-10/h4-7H,8-9H2,1-3H3/q+1. The van der Waals surface area contributed by atoms with Gasteiger partial charge >= 0.3 is 5.97 Å². The second-order valence-corrected chi connectivity index (χ2v) is 4.39. The van der Waals surface area contributed by atoms with Crippen molar-refractivity contribution in [2.75, 3.05) is 34.3 Å². The summed E-state index contributed by atoms with van der Waals surface area (Å²) in [5, 5.41) is 0. The van der Waals surface area contributed by atoms with Crippen molar-refractivity contribution in [3.8, 4) is 0 Å². The summed E-state index contributed by atoms with van der Waals surface area (Å²) >= 11 is 0. The first-order chi connectivity index (χ1) is 6.99. The molecule has 1 aromatic rings. The van der Waals surface area contributed by atoms with E-state index in [0.717, 1.165) is 11.0 Å². The molecule has 1 aromatic heterocycles. The Balaban J connectivity index is 2.38. The van der Waals surface area contributed by atoms with Crippen LogP contribution in [0.3, 0.4) is 0 Å². The van der Waals surface area contributed by atoms with E-state index in [1.165, 1.54) is 0 Å². The van der Waals surface area contributed by atoms with Crippen molar-refractivity contribution < 1.29 is 14.0 Å². The van der Waals surface area contributed by atoms with Gasteiger partial charge in [0, 0.05) is 12.4 Å². The lowest BCUT2D eigenvalue weighted by molar-refractivity contribution is -0.870. The normalized spacial score (nSPS) is 11.1. The van der Waals surface area contributed by atoms with Crippen LogP contribution in [0.25, 0.3) is 0 Å². The molecule has 0 aliphatic heterocycles. The first-order valence-electron chi connectivity index (χ1n) is 4.87. The molecule has 0 N–H and O–H groups in total. The Bertz CT molecular complexity index is 317. The van der Waals surface area contributed by atoms with E-state index in [4.69, 9.17) is 4.74 Å². The number of hydrogen-bond acceptors (Lipinski definition) is 3. The molecular weight excluding hydrogens is 192 g/mol. The molecule has 82 valence electrons. The number of likely N-dealkylation sites (N-methyl/N-ethyl adjacent to an activating group) is 1. The summed E-state index contributed by atoms with van der Waals surface area (Å²) in [4.78, 5) is 15.3. The Morgan fingerprint density at radius 2 is 1.93 bits per heavy atom. The summed E-state index contributed by atoms with van der Waals surface area (Å²) < 4.78 is 5.90. The van der Waals surface area contributed by atoms with Gasteiger partial charge in [-0.15, -0.1) is 0 Å². The smallest absolute Gasteiger partial charge is 0.338 e. The molecule has 1 rings (SSSR count). The molecule has 0 atom stereocenters. The van der Waals surface area contributed by atoms with Gasteiger partial charge in [-0.1, -0.05) is 0 Å². The van der Waals surface area contributed by atoms with Crippen LogP contribution in [0.2, 0.25) is 0 Å². The molecule has 0 aliphatic rings. The highest BCUT2D eigenvalue weighted by atomic mass is 16.5. The van der Waals surface area contributed by atoms with Gasteiger partial charge in [0.1, 0.15) is 13.2 Å². The number of quaternary nitrogens is 1. The highest BCUT2D eigenvalue weighted by molar-refractivity contribution is 5.89. The summed E-state index contributed by atoms with van der Waals surface area (Å²) in [6.45, 7) is 1.24. The third-order valence-electron chi connectivity index (χ3n) is 1.91. The summed E-state index contributed by atoms with van der Waals surface area (Å²) in [7, 11) is 6.17. The fourth-order valence-corrected chi connectivity index (χ4v) is 0.984. The number of carbonyl (C=O) groups is 1. The molecule has 0 spiro atoms. The van der Waals surface area contributed by atoms with E-state index in [1.54, 1.807) is 24.5 Å². The van der Waals surface area contributed by atoms with Crippen molar-refractivity contribution >= 4 is 5.97 Å². The average Bonchev–Trinajstić information content (AvgIpc) is 2.17. The van der Waals surface area contributed by atoms with Gasteiger partial charge in [0.2, 0.25) is 0 Å². The van der Waals surface area contributed by atoms with E-state index in [1.807, 2.05) is 0 Å². The third kappa shape index (κ3) is 4.56. The van der Waals surface area contributed by atoms with Gasteiger partial charge in [-0.05, 0) is 12.1 Å². The number of nitrogens with zero attached hydrogens (tertiary/aromatic N) is 2. The molecule has 0 radical (unpaired) electrons. The topological polar surface area (TPSA) is 39.2 Å². The van der Waals surface area contributed by atoms with E-state index in [0.29, 0.717) is 12.2 Å². The van der Waals surface area contributed by atoms with Gasteiger partial charge in [0.15, 0.2) is 0 Å². The molecule has 0 amide bonds. The van der Waals surface area contributed by atoms with Crippen LogP contribution in [0.5, 0.6) is 0 Å². The maximum absolute atomic E-state index is 11.5. The largest absolute Gasteiger partial charge is 0.456 e. The number of pyridine rings is 1. The summed E-state index contributed by atoms with van der Waals surface area (Å²) in [6.07, 6.45) is 3.16. The number of ether oxygens (including phenoxy) is 1. The Kier molecular flexibility index (Phi) is 3.80. The van der Waals surface area contributed by atoms with Crippen LogP contribution in [-0.4, -0.2) is 49.7 Å². The Labute approximate surface area is 90.1 Å². The lowest BCUT2D eigenvalue weighted by Gasteiger charge is -2.23. The van der Waals surface area contributed by atoms with E-state index < -0.39 is 0 Å². The lowest BCUT2D eigenvalue weighted by Crippen LogP contribution is -2.38. The van der Waals surface area contributed by atoms with Gasteiger partial charge < -0.3 is 9.22 Å². The molecule has 15 heavy (non-hydrogen) atoms. The molecule has 4 heteroatoms. The molecular formula is C11H17N2O2+. The van der Waals surface area contributed by atoms with Gasteiger partial charge in [0.05, 0.1) is 26.7 Å². The third-order valence-corrected chi connectivity index (χ3v) is 1.91. The lowest BCUT2D eigenvalue weighted by atomic mass is 10.3. The zero-order valence-electron chi connectivity index (χ0n) is 9.43. The molecule has 0 aromatic carbocycles. The zero-order valence-corrected chi connectivity index (χ0v) is 9.43. The minimum Gasteiger partial charge on any atom is -0.456 e. The SMILES string of the molecule is C[N+](C)(C)CCOC(=O)c1ccncc1. The number of carbonyl (C=O) groups excluding carboxylic acids is 1. The van der Waals surface area contributed by atoms with E-state index >= 15 is 0 Å². The second-order valence-electron chi connectivity index (χ2n) is 4.39. The van der Waals surface area contributed by atoms with Crippen molar-refractivity contribution in [3.05, 3.63) is 30.1 Å². The van der Waals surface area contributed by atoms with Gasteiger partial charge in [-0.25, -0.2) is 4.79 Å². The molecule has 0 unspecified atom stereocenters. The molecule has 4 nitrogen and oxygen atoms in total. The van der Waals surface area contributed by atoms with Crippen molar-refractivity contribution in [3.63, 3.8) is 0 Å². The van der Waals surface area contributed by atoms with Crippen LogP contribution in [0.15, 0.2) is 24.5 Å². The van der Waals surface area contributed by atoms with E-state index in [9.17, 15) is 4.79 Å². The summed E-state index contributed by atoms with van der Waals surface area (Å²) in [6, 6.07) is 3.29. The fraction of sp³-hybridized carbons (Fsp3) is 0.455. The Hall–Kier alpha value is -1.42. The quantitative estimate of drug-likeness (QED) is 0.547. The molecule has 0 fully saturated rings. The van der Waals surface area contributed by atoms with Crippen LogP contribution in [0.4, 0.5) is 0 Å². The van der Waals surface area contributed by atoms with E-state index in [2.05, 4.69) is 26.1 Å². The van der Waals surface area contributed by atoms with Gasteiger partial charge in [-0.2, -0.15) is 0 Å². The van der Waals surface area contributed by atoms with E-state index in [-0.39, 0.29) is 5.97 Å². The van der Waals surface area contributed by atoms with Crippen LogP contribution in [0.1, 0.15) is 10.4 Å². The minimum atomic E-state index is -0.286. The maximum atomic E-state index is 11.5. The molecule has 0 aliphatic carbocycles. The zero-order chi connectivity index (χ0) is 11.3. The summed E-state index contributed by atoms with van der Waals surface area (Å²) in [5.74, 6) is -0.286. The van der Waals surface area contributed by atoms with Crippen LogP contribution in [0, 0.1) is 0 Å². The van der Waals surface area contributed by atoms with Crippen LogP contribution in [-0.2, 0) is 4.74 Å². The number of rotatable bonds is 4. The van der Waals surface area contributed by atoms with Gasteiger partial charge in [-0.3, -0.25) is 4.98 Å². The maximum Gasteiger partial charge on any atom is 0.338 e. The minimum absolute atomic E-state index is 0.286. The fourth-order valence-electron chi connectivity index (χ4n) is 0.984.